The van der Waals surface area contributed by atoms with Crippen LogP contribution in [0, 0.1) is 0 Å². The highest BCUT2D eigenvalue weighted by molar-refractivity contribution is 6.32. The van der Waals surface area contributed by atoms with Crippen molar-refractivity contribution >= 4 is 17.6 Å². The smallest absolute Gasteiger partial charge is 0.308 e. The van der Waals surface area contributed by atoms with E-state index in [4.69, 9.17) is 16.3 Å². The first kappa shape index (κ1) is 13.8. The van der Waals surface area contributed by atoms with Crippen LogP contribution in [-0.4, -0.2) is 26.7 Å². The van der Waals surface area contributed by atoms with Crippen LogP contribution in [0.25, 0.3) is 0 Å². The SMILES string of the molecule is CNCc1ccc(OCCC(=O)OC)c(Cl)c1. The summed E-state index contributed by atoms with van der Waals surface area (Å²) in [5.41, 5.74) is 1.08. The van der Waals surface area contributed by atoms with Gasteiger partial charge in [0, 0.05) is 6.54 Å². The molecule has 1 N–H and O–H groups in total. The minimum absolute atomic E-state index is 0.213. The summed E-state index contributed by atoms with van der Waals surface area (Å²) < 4.78 is 9.90. The summed E-state index contributed by atoms with van der Waals surface area (Å²) in [5.74, 6) is 0.281. The molecule has 0 bridgehead atoms. The Balaban J connectivity index is 2.51. The van der Waals surface area contributed by atoms with E-state index in [1.165, 1.54) is 7.11 Å². The summed E-state index contributed by atoms with van der Waals surface area (Å²) in [5, 5.41) is 3.58. The first-order chi connectivity index (χ1) is 8.17. The fraction of sp³-hybridized carbons (Fsp3) is 0.417. The summed E-state index contributed by atoms with van der Waals surface area (Å²) in [6.07, 6.45) is 0.213. The van der Waals surface area contributed by atoms with Gasteiger partial charge in [0.2, 0.25) is 0 Å². The predicted octanol–water partition coefficient (Wildman–Crippen LogP) is 2.00. The lowest BCUT2D eigenvalue weighted by Crippen LogP contribution is -2.08. The fourth-order valence-corrected chi connectivity index (χ4v) is 1.58. The molecule has 0 atom stereocenters. The van der Waals surface area contributed by atoms with Crippen LogP contribution in [0.2, 0.25) is 5.02 Å². The third kappa shape index (κ3) is 4.63. The standard InChI is InChI=1S/C12H16ClNO3/c1-14-8-9-3-4-11(10(13)7-9)17-6-5-12(15)16-2/h3-4,7,14H,5-6,8H2,1-2H3. The fourth-order valence-electron chi connectivity index (χ4n) is 1.32. The molecule has 1 aromatic rings. The molecule has 0 radical (unpaired) electrons. The molecule has 0 saturated carbocycles. The quantitative estimate of drug-likeness (QED) is 0.792. The summed E-state index contributed by atoms with van der Waals surface area (Å²) in [6.45, 7) is 1.01. The van der Waals surface area contributed by atoms with Crippen LogP contribution < -0.4 is 10.1 Å². The minimum atomic E-state index is -0.298. The molecule has 0 aliphatic rings. The second-order valence-electron chi connectivity index (χ2n) is 3.47. The van der Waals surface area contributed by atoms with Gasteiger partial charge in [-0.05, 0) is 24.7 Å². The van der Waals surface area contributed by atoms with Crippen molar-refractivity contribution in [3.05, 3.63) is 28.8 Å². The zero-order valence-electron chi connectivity index (χ0n) is 9.96. The minimum Gasteiger partial charge on any atom is -0.491 e. The van der Waals surface area contributed by atoms with Gasteiger partial charge in [-0.1, -0.05) is 17.7 Å². The third-order valence-corrected chi connectivity index (χ3v) is 2.46. The maximum Gasteiger partial charge on any atom is 0.308 e. The normalized spacial score (nSPS) is 10.1. The average Bonchev–Trinajstić information content (AvgIpc) is 2.32. The van der Waals surface area contributed by atoms with Crippen molar-refractivity contribution in [2.24, 2.45) is 0 Å². The number of carbonyl (C=O) groups is 1. The lowest BCUT2D eigenvalue weighted by atomic mass is 10.2. The number of halogens is 1. The van der Waals surface area contributed by atoms with E-state index < -0.39 is 0 Å². The number of benzene rings is 1. The van der Waals surface area contributed by atoms with Crippen molar-refractivity contribution in [2.75, 3.05) is 20.8 Å². The van der Waals surface area contributed by atoms with Gasteiger partial charge in [-0.3, -0.25) is 4.79 Å². The molecule has 0 amide bonds. The predicted molar refractivity (Wildman–Crippen MR) is 66.3 cm³/mol. The molecule has 0 heterocycles. The Bertz CT molecular complexity index is 382. The van der Waals surface area contributed by atoms with Crippen LogP contribution in [0.15, 0.2) is 18.2 Å². The first-order valence-corrected chi connectivity index (χ1v) is 5.67. The van der Waals surface area contributed by atoms with E-state index in [2.05, 4.69) is 10.1 Å². The van der Waals surface area contributed by atoms with Crippen molar-refractivity contribution in [1.29, 1.82) is 0 Å². The molecule has 0 aliphatic carbocycles. The molecule has 5 heteroatoms. The van der Waals surface area contributed by atoms with Gasteiger partial charge in [0.25, 0.3) is 0 Å². The van der Waals surface area contributed by atoms with E-state index in [1.54, 1.807) is 6.07 Å². The van der Waals surface area contributed by atoms with E-state index >= 15 is 0 Å². The Morgan fingerprint density at radius 3 is 2.82 bits per heavy atom. The zero-order valence-corrected chi connectivity index (χ0v) is 10.7. The van der Waals surface area contributed by atoms with Crippen LogP contribution >= 0.6 is 11.6 Å². The Morgan fingerprint density at radius 2 is 2.24 bits per heavy atom. The second-order valence-corrected chi connectivity index (χ2v) is 3.88. The lowest BCUT2D eigenvalue weighted by Gasteiger charge is -2.08. The molecule has 1 rings (SSSR count). The largest absolute Gasteiger partial charge is 0.491 e. The Hall–Kier alpha value is -1.26. The van der Waals surface area contributed by atoms with Crippen LogP contribution in [-0.2, 0) is 16.1 Å². The molecule has 4 nitrogen and oxygen atoms in total. The maximum atomic E-state index is 10.9. The van der Waals surface area contributed by atoms with E-state index in [0.717, 1.165) is 12.1 Å². The number of hydrogen-bond acceptors (Lipinski definition) is 4. The number of hydrogen-bond donors (Lipinski definition) is 1. The van der Waals surface area contributed by atoms with Crippen molar-refractivity contribution < 1.29 is 14.3 Å². The van der Waals surface area contributed by atoms with Gasteiger partial charge in [-0.25, -0.2) is 0 Å². The molecule has 0 spiro atoms. The molecule has 0 fully saturated rings. The van der Waals surface area contributed by atoms with Gasteiger partial charge >= 0.3 is 5.97 Å². The molecule has 0 unspecified atom stereocenters. The molecule has 17 heavy (non-hydrogen) atoms. The molecular weight excluding hydrogens is 242 g/mol. The summed E-state index contributed by atoms with van der Waals surface area (Å²) in [7, 11) is 3.22. The number of ether oxygens (including phenoxy) is 2. The number of rotatable bonds is 6. The highest BCUT2D eigenvalue weighted by Crippen LogP contribution is 2.25. The molecule has 94 valence electrons. The van der Waals surface area contributed by atoms with Crippen molar-refractivity contribution in [3.63, 3.8) is 0 Å². The molecule has 1 aromatic carbocycles. The molecule has 0 aromatic heterocycles. The third-order valence-electron chi connectivity index (χ3n) is 2.17. The molecule has 0 saturated heterocycles. The number of esters is 1. The monoisotopic (exact) mass is 257 g/mol. The van der Waals surface area contributed by atoms with E-state index in [0.29, 0.717) is 10.8 Å². The van der Waals surface area contributed by atoms with Gasteiger partial charge in [-0.15, -0.1) is 0 Å². The van der Waals surface area contributed by atoms with Crippen LogP contribution in [0.4, 0.5) is 0 Å². The highest BCUT2D eigenvalue weighted by Gasteiger charge is 2.05. The summed E-state index contributed by atoms with van der Waals surface area (Å²) in [6, 6.07) is 5.56. The van der Waals surface area contributed by atoms with Crippen molar-refractivity contribution in [3.8, 4) is 5.75 Å². The number of nitrogens with one attached hydrogen (secondary N) is 1. The van der Waals surface area contributed by atoms with Gasteiger partial charge in [0.15, 0.2) is 0 Å². The second kappa shape index (κ2) is 7.14. The number of carbonyl (C=O) groups excluding carboxylic acids is 1. The van der Waals surface area contributed by atoms with Crippen LogP contribution in [0.3, 0.4) is 0 Å². The van der Waals surface area contributed by atoms with Gasteiger partial charge in [0.05, 0.1) is 25.2 Å². The maximum absolute atomic E-state index is 10.9. The van der Waals surface area contributed by atoms with E-state index in [9.17, 15) is 4.79 Å². The Kier molecular flexibility index (Phi) is 5.80. The molecule has 0 aliphatic heterocycles. The first-order valence-electron chi connectivity index (χ1n) is 5.30. The van der Waals surface area contributed by atoms with Gasteiger partial charge in [0.1, 0.15) is 5.75 Å². The van der Waals surface area contributed by atoms with Crippen LogP contribution in [0.1, 0.15) is 12.0 Å². The summed E-state index contributed by atoms with van der Waals surface area (Å²) in [4.78, 5) is 10.9. The summed E-state index contributed by atoms with van der Waals surface area (Å²) >= 11 is 6.05. The van der Waals surface area contributed by atoms with E-state index in [1.807, 2.05) is 19.2 Å². The Morgan fingerprint density at radius 1 is 1.47 bits per heavy atom. The highest BCUT2D eigenvalue weighted by atomic mass is 35.5. The van der Waals surface area contributed by atoms with Crippen molar-refractivity contribution in [1.82, 2.24) is 5.32 Å². The topological polar surface area (TPSA) is 47.6 Å². The zero-order chi connectivity index (χ0) is 12.7. The van der Waals surface area contributed by atoms with Crippen molar-refractivity contribution in [2.45, 2.75) is 13.0 Å². The van der Waals surface area contributed by atoms with Gasteiger partial charge < -0.3 is 14.8 Å². The average molecular weight is 258 g/mol. The molecular formula is C12H16ClNO3. The van der Waals surface area contributed by atoms with Gasteiger partial charge in [-0.2, -0.15) is 0 Å². The van der Waals surface area contributed by atoms with E-state index in [-0.39, 0.29) is 19.0 Å². The Labute approximate surface area is 106 Å². The lowest BCUT2D eigenvalue weighted by molar-refractivity contribution is -0.141. The number of methoxy groups -OCH3 is 1. The van der Waals surface area contributed by atoms with Crippen LogP contribution in [0.5, 0.6) is 5.75 Å².